The Labute approximate surface area is 107 Å². The molecule has 1 rings (SSSR count). The molecule has 0 amide bonds. The van der Waals surface area contributed by atoms with Crippen LogP contribution < -0.4 is 4.74 Å². The number of rotatable bonds is 5. The van der Waals surface area contributed by atoms with Crippen molar-refractivity contribution in [1.29, 1.82) is 0 Å². The summed E-state index contributed by atoms with van der Waals surface area (Å²) >= 11 is 6.04. The predicted octanol–water partition coefficient (Wildman–Crippen LogP) is 3.41. The zero-order valence-corrected chi connectivity index (χ0v) is 11.1. The fraction of sp³-hybridized carbons (Fsp3) is 0.462. The van der Waals surface area contributed by atoms with Gasteiger partial charge >= 0.3 is 5.97 Å². The van der Waals surface area contributed by atoms with E-state index in [4.69, 9.17) is 21.1 Å². The van der Waals surface area contributed by atoms with Crippen LogP contribution in [-0.2, 0) is 9.53 Å². The molecule has 1 unspecified atom stereocenters. The number of esters is 1. The van der Waals surface area contributed by atoms with E-state index in [-0.39, 0.29) is 11.9 Å². The summed E-state index contributed by atoms with van der Waals surface area (Å²) in [6.45, 7) is 2.03. The molecular weight excluding hydrogens is 240 g/mol. The van der Waals surface area contributed by atoms with Crippen molar-refractivity contribution in [3.05, 3.63) is 28.8 Å². The molecule has 0 saturated heterocycles. The Kier molecular flexibility index (Phi) is 5.29. The molecule has 1 atom stereocenters. The summed E-state index contributed by atoms with van der Waals surface area (Å²) in [5.74, 6) is 0.122. The van der Waals surface area contributed by atoms with E-state index >= 15 is 0 Å². The summed E-state index contributed by atoms with van der Waals surface area (Å²) in [6.07, 6.45) is 1.65. The van der Waals surface area contributed by atoms with Crippen LogP contribution in [-0.4, -0.2) is 20.2 Å². The van der Waals surface area contributed by atoms with E-state index in [2.05, 4.69) is 0 Å². The SMILES string of the molecule is CCCC(C(=O)OC)c1ccc(OC)c(Cl)c1. The maximum Gasteiger partial charge on any atom is 0.313 e. The molecular formula is C13H17ClO3. The van der Waals surface area contributed by atoms with E-state index in [9.17, 15) is 4.79 Å². The summed E-state index contributed by atoms with van der Waals surface area (Å²) in [7, 11) is 2.96. The smallest absolute Gasteiger partial charge is 0.313 e. The molecule has 1 aromatic rings. The molecule has 0 aromatic heterocycles. The first-order valence-electron chi connectivity index (χ1n) is 5.55. The molecule has 0 aliphatic rings. The summed E-state index contributed by atoms with van der Waals surface area (Å²) in [5.41, 5.74) is 0.865. The average molecular weight is 257 g/mol. The Morgan fingerprint density at radius 1 is 1.41 bits per heavy atom. The Bertz CT molecular complexity index is 390. The monoisotopic (exact) mass is 256 g/mol. The van der Waals surface area contributed by atoms with Crippen LogP contribution in [0.1, 0.15) is 31.2 Å². The molecule has 0 radical (unpaired) electrons. The van der Waals surface area contributed by atoms with Crippen LogP contribution in [0.3, 0.4) is 0 Å². The van der Waals surface area contributed by atoms with Gasteiger partial charge in [0.25, 0.3) is 0 Å². The van der Waals surface area contributed by atoms with Crippen molar-refractivity contribution in [2.24, 2.45) is 0 Å². The van der Waals surface area contributed by atoms with E-state index in [0.717, 1.165) is 18.4 Å². The molecule has 0 heterocycles. The van der Waals surface area contributed by atoms with E-state index < -0.39 is 0 Å². The van der Waals surface area contributed by atoms with Gasteiger partial charge in [-0.25, -0.2) is 0 Å². The molecule has 94 valence electrons. The highest BCUT2D eigenvalue weighted by Crippen LogP contribution is 2.30. The molecule has 3 nitrogen and oxygen atoms in total. The summed E-state index contributed by atoms with van der Waals surface area (Å²) in [5, 5.41) is 0.509. The third-order valence-electron chi connectivity index (χ3n) is 2.64. The number of carbonyl (C=O) groups excluding carboxylic acids is 1. The van der Waals surface area contributed by atoms with Crippen LogP contribution >= 0.6 is 11.6 Å². The minimum atomic E-state index is -0.256. The highest BCUT2D eigenvalue weighted by atomic mass is 35.5. The van der Waals surface area contributed by atoms with Gasteiger partial charge in [0.05, 0.1) is 25.2 Å². The van der Waals surface area contributed by atoms with Crippen LogP contribution in [0.25, 0.3) is 0 Å². The topological polar surface area (TPSA) is 35.5 Å². The van der Waals surface area contributed by atoms with E-state index in [0.29, 0.717) is 10.8 Å². The average Bonchev–Trinajstić information content (AvgIpc) is 2.35. The van der Waals surface area contributed by atoms with Crippen LogP contribution in [0.4, 0.5) is 0 Å². The summed E-state index contributed by atoms with van der Waals surface area (Å²) < 4.78 is 9.88. The van der Waals surface area contributed by atoms with Gasteiger partial charge in [0.15, 0.2) is 0 Å². The zero-order chi connectivity index (χ0) is 12.8. The maximum atomic E-state index is 11.7. The number of hydrogen-bond acceptors (Lipinski definition) is 3. The van der Waals surface area contributed by atoms with Crippen molar-refractivity contribution in [1.82, 2.24) is 0 Å². The standard InChI is InChI=1S/C13H17ClO3/c1-4-5-10(13(15)17-3)9-6-7-12(16-2)11(14)8-9/h6-8,10H,4-5H2,1-3H3. The highest BCUT2D eigenvalue weighted by Gasteiger charge is 2.21. The quantitative estimate of drug-likeness (QED) is 0.758. The number of halogens is 1. The summed E-state index contributed by atoms with van der Waals surface area (Å²) in [6, 6.07) is 5.38. The van der Waals surface area contributed by atoms with Crippen LogP contribution in [0.15, 0.2) is 18.2 Å². The number of carbonyl (C=O) groups is 1. The van der Waals surface area contributed by atoms with Crippen molar-refractivity contribution in [2.45, 2.75) is 25.7 Å². The van der Waals surface area contributed by atoms with Crippen molar-refractivity contribution in [3.63, 3.8) is 0 Å². The van der Waals surface area contributed by atoms with Gasteiger partial charge in [-0.05, 0) is 24.1 Å². The molecule has 1 aromatic carbocycles. The molecule has 0 aliphatic carbocycles. The first kappa shape index (κ1) is 13.8. The Morgan fingerprint density at radius 2 is 2.12 bits per heavy atom. The minimum Gasteiger partial charge on any atom is -0.495 e. The highest BCUT2D eigenvalue weighted by molar-refractivity contribution is 6.32. The van der Waals surface area contributed by atoms with Gasteiger partial charge < -0.3 is 9.47 Å². The van der Waals surface area contributed by atoms with Crippen molar-refractivity contribution >= 4 is 17.6 Å². The van der Waals surface area contributed by atoms with Gasteiger partial charge in [0.2, 0.25) is 0 Å². The van der Waals surface area contributed by atoms with E-state index in [1.165, 1.54) is 7.11 Å². The summed E-state index contributed by atoms with van der Waals surface area (Å²) in [4.78, 5) is 11.7. The second-order valence-corrected chi connectivity index (χ2v) is 4.17. The fourth-order valence-corrected chi connectivity index (χ4v) is 2.02. The molecule has 0 spiro atoms. The van der Waals surface area contributed by atoms with Gasteiger partial charge in [0, 0.05) is 0 Å². The lowest BCUT2D eigenvalue weighted by atomic mass is 9.94. The number of ether oxygens (including phenoxy) is 2. The van der Waals surface area contributed by atoms with Gasteiger partial charge in [-0.1, -0.05) is 31.0 Å². The zero-order valence-electron chi connectivity index (χ0n) is 10.3. The van der Waals surface area contributed by atoms with Crippen LogP contribution in [0, 0.1) is 0 Å². The molecule has 0 saturated carbocycles. The lowest BCUT2D eigenvalue weighted by Gasteiger charge is -2.15. The Morgan fingerprint density at radius 3 is 2.59 bits per heavy atom. The van der Waals surface area contributed by atoms with Gasteiger partial charge in [-0.15, -0.1) is 0 Å². The lowest BCUT2D eigenvalue weighted by Crippen LogP contribution is -2.14. The Hall–Kier alpha value is -1.22. The normalized spacial score (nSPS) is 12.0. The van der Waals surface area contributed by atoms with E-state index in [1.54, 1.807) is 19.2 Å². The second-order valence-electron chi connectivity index (χ2n) is 3.76. The molecule has 0 aliphatic heterocycles. The molecule has 17 heavy (non-hydrogen) atoms. The third kappa shape index (κ3) is 3.37. The molecule has 0 fully saturated rings. The van der Waals surface area contributed by atoms with Gasteiger partial charge in [-0.3, -0.25) is 4.79 Å². The fourth-order valence-electron chi connectivity index (χ4n) is 1.75. The second kappa shape index (κ2) is 6.50. The largest absolute Gasteiger partial charge is 0.495 e. The number of methoxy groups -OCH3 is 2. The first-order valence-corrected chi connectivity index (χ1v) is 5.93. The molecule has 0 N–H and O–H groups in total. The predicted molar refractivity (Wildman–Crippen MR) is 67.7 cm³/mol. The van der Waals surface area contributed by atoms with E-state index in [1.807, 2.05) is 13.0 Å². The lowest BCUT2D eigenvalue weighted by molar-refractivity contribution is -0.142. The van der Waals surface area contributed by atoms with Crippen LogP contribution in [0.2, 0.25) is 5.02 Å². The van der Waals surface area contributed by atoms with Crippen molar-refractivity contribution in [2.75, 3.05) is 14.2 Å². The third-order valence-corrected chi connectivity index (χ3v) is 2.94. The number of hydrogen-bond donors (Lipinski definition) is 0. The minimum absolute atomic E-state index is 0.229. The first-order chi connectivity index (χ1) is 8.13. The van der Waals surface area contributed by atoms with Crippen LogP contribution in [0.5, 0.6) is 5.75 Å². The molecule has 4 heteroatoms. The van der Waals surface area contributed by atoms with Gasteiger partial charge in [0.1, 0.15) is 5.75 Å². The van der Waals surface area contributed by atoms with Crippen molar-refractivity contribution < 1.29 is 14.3 Å². The Balaban J connectivity index is 3.02. The molecule has 0 bridgehead atoms. The maximum absolute atomic E-state index is 11.7. The number of benzene rings is 1. The van der Waals surface area contributed by atoms with Crippen molar-refractivity contribution in [3.8, 4) is 5.75 Å². The van der Waals surface area contributed by atoms with Gasteiger partial charge in [-0.2, -0.15) is 0 Å².